The highest BCUT2D eigenvalue weighted by Gasteiger charge is 2.40. The van der Waals surface area contributed by atoms with Crippen molar-refractivity contribution in [2.24, 2.45) is 0 Å². The lowest BCUT2D eigenvalue weighted by Gasteiger charge is -2.11. The van der Waals surface area contributed by atoms with Crippen LogP contribution in [0.15, 0.2) is 55.4 Å². The topological polar surface area (TPSA) is 124 Å². The zero-order valence-corrected chi connectivity index (χ0v) is 17.4. The molecule has 4 aromatic heterocycles. The molecule has 4 heterocycles. The van der Waals surface area contributed by atoms with Crippen molar-refractivity contribution in [2.45, 2.75) is 31.2 Å². The molecule has 1 unspecified atom stereocenters. The minimum Gasteiger partial charge on any atom is -0.378 e. The first-order chi connectivity index (χ1) is 16.3. The zero-order chi connectivity index (χ0) is 23.9. The van der Waals surface area contributed by atoms with Crippen molar-refractivity contribution in [3.05, 3.63) is 66.8 Å². The molecule has 1 amide bonds. The molecule has 174 valence electrons. The third-order valence-electron chi connectivity index (χ3n) is 5.20. The van der Waals surface area contributed by atoms with Crippen LogP contribution >= 0.6 is 0 Å². The van der Waals surface area contributed by atoms with E-state index in [9.17, 15) is 23.1 Å². The van der Waals surface area contributed by atoms with E-state index >= 15 is 0 Å². The van der Waals surface area contributed by atoms with Gasteiger partial charge in [-0.15, -0.1) is 10.2 Å². The fourth-order valence-electron chi connectivity index (χ4n) is 3.35. The number of aromatic nitrogens is 7. The molecule has 0 saturated heterocycles. The fourth-order valence-corrected chi connectivity index (χ4v) is 3.35. The van der Waals surface area contributed by atoms with Crippen LogP contribution < -0.4 is 5.32 Å². The third-order valence-corrected chi connectivity index (χ3v) is 5.20. The Bertz CT molecular complexity index is 1350. The van der Waals surface area contributed by atoms with Gasteiger partial charge in [-0.25, -0.2) is 9.97 Å². The molecule has 1 aliphatic carbocycles. The van der Waals surface area contributed by atoms with Crippen molar-refractivity contribution in [3.8, 4) is 17.2 Å². The molecule has 0 radical (unpaired) electrons. The highest BCUT2D eigenvalue weighted by atomic mass is 19.4. The smallest absolute Gasteiger partial charge is 0.378 e. The number of nitrogens with zero attached hydrogens (tertiary/aromatic N) is 7. The van der Waals surface area contributed by atoms with Gasteiger partial charge in [0, 0.05) is 18.4 Å². The quantitative estimate of drug-likeness (QED) is 0.444. The number of aliphatic hydroxyl groups excluding tert-OH is 1. The van der Waals surface area contributed by atoms with Gasteiger partial charge in [-0.1, -0.05) is 6.07 Å². The molecular weight excluding hydrogens is 453 g/mol. The number of pyridine rings is 2. The minimum absolute atomic E-state index is 0.0115. The van der Waals surface area contributed by atoms with E-state index in [-0.39, 0.29) is 11.5 Å². The van der Waals surface area contributed by atoms with Gasteiger partial charge in [0.25, 0.3) is 5.91 Å². The number of nitrogens with one attached hydrogen (secondary N) is 1. The van der Waals surface area contributed by atoms with Crippen LogP contribution in [0.4, 0.5) is 19.0 Å². The predicted molar refractivity (Wildman–Crippen MR) is 112 cm³/mol. The van der Waals surface area contributed by atoms with Gasteiger partial charge in [-0.3, -0.25) is 9.78 Å². The van der Waals surface area contributed by atoms with E-state index in [0.29, 0.717) is 23.2 Å². The Balaban J connectivity index is 1.34. The van der Waals surface area contributed by atoms with Gasteiger partial charge in [-0.05, 0) is 37.1 Å². The molecule has 2 N–H and O–H groups in total. The lowest BCUT2D eigenvalue weighted by Crippen LogP contribution is -2.20. The molecule has 5 rings (SSSR count). The molecule has 10 nitrogen and oxygen atoms in total. The molecule has 0 aliphatic heterocycles. The molecule has 1 aliphatic rings. The Kier molecular flexibility index (Phi) is 5.32. The van der Waals surface area contributed by atoms with Gasteiger partial charge in [0.1, 0.15) is 23.5 Å². The van der Waals surface area contributed by atoms with E-state index in [1.54, 1.807) is 24.5 Å². The summed E-state index contributed by atoms with van der Waals surface area (Å²) in [5, 5.41) is 20.1. The second-order valence-corrected chi connectivity index (χ2v) is 7.70. The van der Waals surface area contributed by atoms with Crippen LogP contribution in [0.2, 0.25) is 0 Å². The van der Waals surface area contributed by atoms with Gasteiger partial charge < -0.3 is 19.6 Å². The fraction of sp³-hybridized carbons (Fsp3) is 0.238. The zero-order valence-electron chi connectivity index (χ0n) is 17.4. The van der Waals surface area contributed by atoms with Crippen molar-refractivity contribution in [1.29, 1.82) is 0 Å². The predicted octanol–water partition coefficient (Wildman–Crippen LogP) is 3.10. The molecule has 13 heteroatoms. The summed E-state index contributed by atoms with van der Waals surface area (Å²) in [6.45, 7) is 0. The van der Waals surface area contributed by atoms with E-state index in [2.05, 4.69) is 30.5 Å². The van der Waals surface area contributed by atoms with Crippen LogP contribution in [0.3, 0.4) is 0 Å². The summed E-state index contributed by atoms with van der Waals surface area (Å²) in [7, 11) is 0. The van der Waals surface area contributed by atoms with E-state index in [4.69, 9.17) is 0 Å². The standard InChI is InChI=1S/C21H17F3N8O2/c22-21(23,24)18(33)16-9-31(10-26-16)13-6-7-25-15(8-13)20(34)29-17-3-1-2-14(28-17)19-30-27-11-32(19)12-4-5-12/h1-3,6-12,18,33H,4-5H2,(H,28,29,34). The Hall–Kier alpha value is -4.13. The summed E-state index contributed by atoms with van der Waals surface area (Å²) in [5.41, 5.74) is 0.346. The maximum atomic E-state index is 12.8. The van der Waals surface area contributed by atoms with Crippen LogP contribution in [-0.2, 0) is 0 Å². The second kappa shape index (κ2) is 8.33. The third kappa shape index (κ3) is 4.37. The first kappa shape index (κ1) is 21.7. The van der Waals surface area contributed by atoms with Gasteiger partial charge in [0.05, 0.1) is 17.7 Å². The number of halogens is 3. The van der Waals surface area contributed by atoms with E-state index in [1.165, 1.54) is 22.9 Å². The van der Waals surface area contributed by atoms with Crippen molar-refractivity contribution < 1.29 is 23.1 Å². The normalized spacial score (nSPS) is 14.7. The molecule has 0 aromatic carbocycles. The number of amides is 1. The highest BCUT2D eigenvalue weighted by molar-refractivity contribution is 6.02. The summed E-state index contributed by atoms with van der Waals surface area (Å²) in [6.07, 6.45) is -0.290. The number of anilines is 1. The summed E-state index contributed by atoms with van der Waals surface area (Å²) in [5.74, 6) is 0.319. The summed E-state index contributed by atoms with van der Waals surface area (Å²) < 4.78 is 41.4. The van der Waals surface area contributed by atoms with E-state index in [1.807, 2.05) is 4.57 Å². The van der Waals surface area contributed by atoms with Crippen LogP contribution in [0, 0.1) is 0 Å². The largest absolute Gasteiger partial charge is 0.420 e. The average Bonchev–Trinajstić information content (AvgIpc) is 3.33. The van der Waals surface area contributed by atoms with E-state index < -0.39 is 23.9 Å². The number of hydrogen-bond acceptors (Lipinski definition) is 7. The number of hydrogen-bond donors (Lipinski definition) is 2. The first-order valence-electron chi connectivity index (χ1n) is 10.2. The number of aliphatic hydroxyl groups is 1. The maximum Gasteiger partial charge on any atom is 0.420 e. The first-order valence-corrected chi connectivity index (χ1v) is 10.2. The lowest BCUT2D eigenvalue weighted by molar-refractivity contribution is -0.207. The molecular formula is C21H17F3N8O2. The molecule has 1 saturated carbocycles. The molecule has 1 atom stereocenters. The van der Waals surface area contributed by atoms with Gasteiger partial charge in [0.15, 0.2) is 11.9 Å². The molecule has 4 aromatic rings. The van der Waals surface area contributed by atoms with Gasteiger partial charge >= 0.3 is 6.18 Å². The summed E-state index contributed by atoms with van der Waals surface area (Å²) >= 11 is 0. The molecule has 34 heavy (non-hydrogen) atoms. The van der Waals surface area contributed by atoms with Crippen molar-refractivity contribution in [2.75, 3.05) is 5.32 Å². The maximum absolute atomic E-state index is 12.8. The van der Waals surface area contributed by atoms with Crippen molar-refractivity contribution >= 4 is 11.7 Å². The summed E-state index contributed by atoms with van der Waals surface area (Å²) in [4.78, 5) is 24.8. The number of rotatable bonds is 6. The Morgan fingerprint density at radius 1 is 1.18 bits per heavy atom. The van der Waals surface area contributed by atoms with Crippen molar-refractivity contribution in [1.82, 2.24) is 34.3 Å². The van der Waals surface area contributed by atoms with Crippen LogP contribution in [0.5, 0.6) is 0 Å². The monoisotopic (exact) mass is 470 g/mol. The van der Waals surface area contributed by atoms with Crippen LogP contribution in [0.25, 0.3) is 17.2 Å². The molecule has 0 spiro atoms. The summed E-state index contributed by atoms with van der Waals surface area (Å²) in [6, 6.07) is 8.35. The number of alkyl halides is 3. The van der Waals surface area contributed by atoms with Crippen LogP contribution in [0.1, 0.15) is 41.2 Å². The number of carbonyl (C=O) groups excluding carboxylic acids is 1. The lowest BCUT2D eigenvalue weighted by atomic mass is 10.2. The van der Waals surface area contributed by atoms with E-state index in [0.717, 1.165) is 25.4 Å². The second-order valence-electron chi connectivity index (χ2n) is 7.70. The van der Waals surface area contributed by atoms with Crippen molar-refractivity contribution in [3.63, 3.8) is 0 Å². The Morgan fingerprint density at radius 3 is 2.76 bits per heavy atom. The highest BCUT2D eigenvalue weighted by Crippen LogP contribution is 2.37. The Labute approximate surface area is 190 Å². The van der Waals surface area contributed by atoms with Gasteiger partial charge in [-0.2, -0.15) is 13.2 Å². The van der Waals surface area contributed by atoms with Crippen LogP contribution in [-0.4, -0.2) is 51.5 Å². The minimum atomic E-state index is -4.84. The van der Waals surface area contributed by atoms with Gasteiger partial charge in [0.2, 0.25) is 0 Å². The number of carbonyl (C=O) groups is 1. The molecule has 0 bridgehead atoms. The number of imidazole rings is 1. The SMILES string of the molecule is O=C(Nc1cccc(-c2nncn2C2CC2)n1)c1cc(-n2cnc(C(O)C(F)(F)F)c2)ccn1. The Morgan fingerprint density at radius 2 is 2.00 bits per heavy atom. The molecule has 1 fully saturated rings. The average molecular weight is 470 g/mol.